The van der Waals surface area contributed by atoms with Gasteiger partial charge in [0.2, 0.25) is 5.91 Å². The first kappa shape index (κ1) is 24.8. The van der Waals surface area contributed by atoms with E-state index in [9.17, 15) is 4.79 Å². The lowest BCUT2D eigenvalue weighted by Gasteiger charge is -2.19. The predicted octanol–water partition coefficient (Wildman–Crippen LogP) is 4.82. The van der Waals surface area contributed by atoms with Crippen LogP contribution in [0.2, 0.25) is 0 Å². The number of ether oxygens (including phenoxy) is 1. The molecule has 0 radical (unpaired) electrons. The summed E-state index contributed by atoms with van der Waals surface area (Å²) < 4.78 is 7.88. The molecule has 40 heavy (non-hydrogen) atoms. The molecular weight excluding hydrogens is 502 g/mol. The first-order chi connectivity index (χ1) is 19.6. The molecule has 2 aliphatic carbocycles. The fourth-order valence-corrected chi connectivity index (χ4v) is 5.69. The summed E-state index contributed by atoms with van der Waals surface area (Å²) in [6.07, 6.45) is 11.3. The molecule has 2 aromatic heterocycles. The number of likely N-dealkylation sites (tertiary alicyclic amines) is 1. The van der Waals surface area contributed by atoms with E-state index in [1.165, 1.54) is 32.0 Å². The van der Waals surface area contributed by atoms with E-state index in [1.807, 2.05) is 70.3 Å². The molecule has 1 amide bonds. The Balaban J connectivity index is 1.08. The second kappa shape index (κ2) is 10.4. The number of fused-ring (bicyclic) bond motifs is 1. The van der Waals surface area contributed by atoms with E-state index in [4.69, 9.17) is 15.6 Å². The summed E-state index contributed by atoms with van der Waals surface area (Å²) in [4.78, 5) is 26.3. The number of benzene rings is 2. The molecule has 204 valence electrons. The van der Waals surface area contributed by atoms with Crippen LogP contribution >= 0.6 is 0 Å². The average Bonchev–Trinajstić information content (AvgIpc) is 3.91. The van der Waals surface area contributed by atoms with Gasteiger partial charge in [0.15, 0.2) is 5.65 Å². The van der Waals surface area contributed by atoms with E-state index < -0.39 is 0 Å². The fraction of sp³-hybridized carbons (Fsp3) is 0.355. The molecule has 7 rings (SSSR count). The molecule has 0 unspecified atom stereocenters. The van der Waals surface area contributed by atoms with Crippen LogP contribution in [0.25, 0.3) is 22.3 Å². The van der Waals surface area contributed by atoms with Crippen molar-refractivity contribution in [3.8, 4) is 22.8 Å². The Bertz CT molecular complexity index is 1530. The van der Waals surface area contributed by atoms with Crippen LogP contribution in [0.5, 0.6) is 11.5 Å². The molecule has 1 saturated heterocycles. The van der Waals surface area contributed by atoms with E-state index in [2.05, 4.69) is 14.9 Å². The van der Waals surface area contributed by atoms with E-state index >= 15 is 0 Å². The quantitative estimate of drug-likeness (QED) is 0.307. The lowest BCUT2D eigenvalue weighted by molar-refractivity contribution is -0.125. The number of rotatable bonds is 9. The molecule has 2 N–H and O–H groups in total. The minimum absolute atomic E-state index is 0.0120. The first-order valence-electron chi connectivity index (χ1n) is 14.2. The molecular formula is C31H33N7O2. The lowest BCUT2D eigenvalue weighted by Crippen LogP contribution is -2.30. The molecule has 2 aromatic carbocycles. The highest BCUT2D eigenvalue weighted by molar-refractivity contribution is 5.98. The standard InChI is InChI=1S/C31H33N7O2/c32-30-28-29(21-8-14-26(15-9-21)40-25-5-2-1-3-6-25)35-38(31(28)34-20-33-30)24-16-18-36(19-24)27(39)7-4-17-37(22-10-11-22)23-12-13-23/h1-9,14-15,20,22-24H,10-13,16-19H2,(H2,32,33,34)/b7-4+/t24-/m1/s1. The smallest absolute Gasteiger partial charge is 0.246 e. The molecule has 4 aromatic rings. The SMILES string of the molecule is Nc1ncnc2c1c(-c1ccc(Oc3ccccc3)cc1)nn2[C@@H]1CCN(C(=O)/C=C/CN(C2CC2)C2CC2)C1. The number of hydrogen-bond donors (Lipinski definition) is 1. The van der Waals surface area contributed by atoms with E-state index in [1.54, 1.807) is 6.08 Å². The molecule has 9 nitrogen and oxygen atoms in total. The van der Waals surface area contributed by atoms with Gasteiger partial charge in [-0.2, -0.15) is 5.10 Å². The Morgan fingerprint density at radius 1 is 0.975 bits per heavy atom. The molecule has 2 saturated carbocycles. The van der Waals surface area contributed by atoms with E-state index in [0.717, 1.165) is 53.2 Å². The lowest BCUT2D eigenvalue weighted by atomic mass is 10.1. The number of para-hydroxylation sites is 1. The monoisotopic (exact) mass is 535 g/mol. The number of carbonyl (C=O) groups excluding carboxylic acids is 1. The maximum Gasteiger partial charge on any atom is 0.246 e. The highest BCUT2D eigenvalue weighted by atomic mass is 16.5. The number of hydrogen-bond acceptors (Lipinski definition) is 7. The van der Waals surface area contributed by atoms with Crippen LogP contribution in [0.4, 0.5) is 5.82 Å². The highest BCUT2D eigenvalue weighted by Gasteiger charge is 2.38. The third-order valence-electron chi connectivity index (χ3n) is 8.05. The van der Waals surface area contributed by atoms with Crippen molar-refractivity contribution in [1.29, 1.82) is 0 Å². The second-order valence-electron chi connectivity index (χ2n) is 11.0. The van der Waals surface area contributed by atoms with Crippen molar-refractivity contribution < 1.29 is 9.53 Å². The van der Waals surface area contributed by atoms with Gasteiger partial charge in [-0.15, -0.1) is 0 Å². The summed E-state index contributed by atoms with van der Waals surface area (Å²) in [6, 6.07) is 18.9. The first-order valence-corrected chi connectivity index (χ1v) is 14.2. The second-order valence-corrected chi connectivity index (χ2v) is 11.0. The molecule has 0 spiro atoms. The molecule has 9 heteroatoms. The van der Waals surface area contributed by atoms with Gasteiger partial charge in [-0.05, 0) is 68.5 Å². The zero-order valence-corrected chi connectivity index (χ0v) is 22.4. The largest absolute Gasteiger partial charge is 0.457 e. The van der Waals surface area contributed by atoms with Crippen molar-refractivity contribution in [3.05, 3.63) is 73.1 Å². The fourth-order valence-electron chi connectivity index (χ4n) is 5.69. The Morgan fingerprint density at radius 2 is 1.70 bits per heavy atom. The normalized spacial score (nSPS) is 19.2. The number of amides is 1. The van der Waals surface area contributed by atoms with Gasteiger partial charge in [-0.1, -0.05) is 24.3 Å². The van der Waals surface area contributed by atoms with Gasteiger partial charge in [-0.25, -0.2) is 14.6 Å². The molecule has 3 heterocycles. The summed E-state index contributed by atoms with van der Waals surface area (Å²) >= 11 is 0. The highest BCUT2D eigenvalue weighted by Crippen LogP contribution is 2.37. The number of anilines is 1. The van der Waals surface area contributed by atoms with E-state index in [0.29, 0.717) is 24.6 Å². The molecule has 1 atom stereocenters. The van der Waals surface area contributed by atoms with Gasteiger partial charge in [-0.3, -0.25) is 9.69 Å². The maximum atomic E-state index is 13.0. The van der Waals surface area contributed by atoms with Crippen LogP contribution in [0.1, 0.15) is 38.1 Å². The molecule has 3 aliphatic rings. The summed E-state index contributed by atoms with van der Waals surface area (Å²) in [6.45, 7) is 2.14. The van der Waals surface area contributed by atoms with Crippen LogP contribution in [-0.2, 0) is 4.79 Å². The topological polar surface area (TPSA) is 102 Å². The summed E-state index contributed by atoms with van der Waals surface area (Å²) in [5.41, 5.74) is 8.65. The Labute approximate surface area is 233 Å². The average molecular weight is 536 g/mol. The van der Waals surface area contributed by atoms with Gasteiger partial charge in [0.05, 0.1) is 11.4 Å². The summed E-state index contributed by atoms with van der Waals surface area (Å²) in [7, 11) is 0. The van der Waals surface area contributed by atoms with Gasteiger partial charge < -0.3 is 15.4 Å². The van der Waals surface area contributed by atoms with Crippen LogP contribution in [0, 0.1) is 0 Å². The van der Waals surface area contributed by atoms with Crippen LogP contribution in [0.15, 0.2) is 73.1 Å². The van der Waals surface area contributed by atoms with Gasteiger partial charge >= 0.3 is 0 Å². The summed E-state index contributed by atoms with van der Waals surface area (Å²) in [5.74, 6) is 1.97. The van der Waals surface area contributed by atoms with Crippen molar-refractivity contribution in [2.24, 2.45) is 0 Å². The van der Waals surface area contributed by atoms with Crippen molar-refractivity contribution in [2.45, 2.75) is 50.2 Å². The number of carbonyl (C=O) groups is 1. The zero-order chi connectivity index (χ0) is 27.1. The van der Waals surface area contributed by atoms with Gasteiger partial charge in [0.25, 0.3) is 0 Å². The maximum absolute atomic E-state index is 13.0. The van der Waals surface area contributed by atoms with Crippen LogP contribution in [0.3, 0.4) is 0 Å². The van der Waals surface area contributed by atoms with Crippen LogP contribution in [-0.4, -0.2) is 67.2 Å². The zero-order valence-electron chi connectivity index (χ0n) is 22.4. The third kappa shape index (κ3) is 5.04. The van der Waals surface area contributed by atoms with Crippen LogP contribution < -0.4 is 10.5 Å². The van der Waals surface area contributed by atoms with Crippen molar-refractivity contribution in [3.63, 3.8) is 0 Å². The van der Waals surface area contributed by atoms with Gasteiger partial charge in [0.1, 0.15) is 29.3 Å². The minimum atomic E-state index is 0.0120. The number of nitrogens with two attached hydrogens (primary N) is 1. The molecule has 0 bridgehead atoms. The van der Waals surface area contributed by atoms with Crippen molar-refractivity contribution >= 4 is 22.8 Å². The minimum Gasteiger partial charge on any atom is -0.457 e. The third-order valence-corrected chi connectivity index (χ3v) is 8.05. The Morgan fingerprint density at radius 3 is 2.42 bits per heavy atom. The number of nitrogens with zero attached hydrogens (tertiary/aromatic N) is 6. The predicted molar refractivity (Wildman–Crippen MR) is 154 cm³/mol. The van der Waals surface area contributed by atoms with Crippen molar-refractivity contribution in [1.82, 2.24) is 29.5 Å². The van der Waals surface area contributed by atoms with Crippen molar-refractivity contribution in [2.75, 3.05) is 25.4 Å². The Kier molecular flexibility index (Phi) is 6.43. The summed E-state index contributed by atoms with van der Waals surface area (Å²) in [5, 5.41) is 5.70. The Hall–Kier alpha value is -4.24. The van der Waals surface area contributed by atoms with E-state index in [-0.39, 0.29) is 11.9 Å². The molecule has 3 fully saturated rings. The molecule has 1 aliphatic heterocycles. The number of nitrogen functional groups attached to an aromatic ring is 1. The number of aromatic nitrogens is 4. The van der Waals surface area contributed by atoms with Gasteiger partial charge in [0, 0.05) is 43.4 Å².